The summed E-state index contributed by atoms with van der Waals surface area (Å²) in [6, 6.07) is 0. The first kappa shape index (κ1) is 23.2. The average molecular weight is 426 g/mol. The van der Waals surface area contributed by atoms with Crippen molar-refractivity contribution in [3.05, 3.63) is 11.6 Å². The summed E-state index contributed by atoms with van der Waals surface area (Å²) in [5.74, 6) is 1.69. The first-order valence-corrected chi connectivity index (χ1v) is 11.4. The molecule has 29 heavy (non-hydrogen) atoms. The molecule has 0 heterocycles. The number of rotatable bonds is 4. The molecule has 3 fully saturated rings. The molecule has 4 rings (SSSR count). The number of allylic oxidation sites excluding steroid dienone is 1. The molecule has 166 valence electrons. The standard InChI is InChI=1S/C24H39NO3.ClH/c1-22-11-7-17(26)15-16(22)5-6-18-19(22)8-12-23(2)20(18)9-13-24(23,28)21(27)10-14-25(3)4;/h5,17-20,26,28H,6-15H2,1-4H3;1H/t17-,18+,19-,20-,22-,23-,24-;/m0./s1. The molecular formula is C24H40ClNO3. The van der Waals surface area contributed by atoms with Crippen LogP contribution in [-0.4, -0.2) is 53.2 Å². The highest BCUT2D eigenvalue weighted by molar-refractivity contribution is 5.88. The molecule has 2 N–H and O–H groups in total. The van der Waals surface area contributed by atoms with Crippen molar-refractivity contribution in [2.45, 2.75) is 83.3 Å². The fourth-order valence-electron chi connectivity index (χ4n) is 7.65. The molecule has 0 radical (unpaired) electrons. The van der Waals surface area contributed by atoms with Gasteiger partial charge in [0.1, 0.15) is 5.60 Å². The van der Waals surface area contributed by atoms with Gasteiger partial charge in [-0.1, -0.05) is 25.5 Å². The van der Waals surface area contributed by atoms with E-state index in [0.717, 1.165) is 44.9 Å². The summed E-state index contributed by atoms with van der Waals surface area (Å²) in [5, 5.41) is 21.8. The Bertz CT molecular complexity index is 679. The van der Waals surface area contributed by atoms with Gasteiger partial charge in [0, 0.05) is 18.4 Å². The maximum atomic E-state index is 13.1. The van der Waals surface area contributed by atoms with E-state index in [2.05, 4.69) is 19.9 Å². The summed E-state index contributed by atoms with van der Waals surface area (Å²) in [6.07, 6.45) is 10.2. The zero-order chi connectivity index (χ0) is 20.3. The minimum Gasteiger partial charge on any atom is -0.393 e. The van der Waals surface area contributed by atoms with Crippen LogP contribution < -0.4 is 0 Å². The number of carbonyl (C=O) groups excluding carboxylic acids is 1. The molecule has 0 bridgehead atoms. The first-order chi connectivity index (χ1) is 13.1. The molecule has 4 nitrogen and oxygen atoms in total. The van der Waals surface area contributed by atoms with Crippen molar-refractivity contribution < 1.29 is 15.0 Å². The highest BCUT2D eigenvalue weighted by atomic mass is 35.5. The smallest absolute Gasteiger partial charge is 0.166 e. The fraction of sp³-hybridized carbons (Fsp3) is 0.875. The number of hydrogen-bond donors (Lipinski definition) is 2. The minimum absolute atomic E-state index is 0. The van der Waals surface area contributed by atoms with Crippen molar-refractivity contribution in [2.75, 3.05) is 20.6 Å². The number of nitrogens with zero attached hydrogens (tertiary/aromatic N) is 1. The van der Waals surface area contributed by atoms with E-state index >= 15 is 0 Å². The van der Waals surface area contributed by atoms with Gasteiger partial charge in [0.05, 0.1) is 6.10 Å². The zero-order valence-corrected chi connectivity index (χ0v) is 19.4. The van der Waals surface area contributed by atoms with E-state index in [1.165, 1.54) is 5.57 Å². The molecule has 0 aliphatic heterocycles. The van der Waals surface area contributed by atoms with Gasteiger partial charge in [0.2, 0.25) is 0 Å². The van der Waals surface area contributed by atoms with Gasteiger partial charge in [-0.2, -0.15) is 0 Å². The fourth-order valence-corrected chi connectivity index (χ4v) is 7.65. The van der Waals surface area contributed by atoms with Gasteiger partial charge in [-0.25, -0.2) is 0 Å². The molecule has 3 saturated carbocycles. The Labute approximate surface area is 182 Å². The van der Waals surface area contributed by atoms with Crippen LogP contribution in [0, 0.1) is 28.6 Å². The summed E-state index contributed by atoms with van der Waals surface area (Å²) in [7, 11) is 3.96. The SMILES string of the molecule is CN(C)CCC(=O)[C@@]1(O)CC[C@H]2[C@@H]3CC=C4C[C@@H](O)CC[C@]4(C)[C@H]3CC[C@@]21C.Cl. The van der Waals surface area contributed by atoms with E-state index in [0.29, 0.717) is 37.1 Å². The third-order valence-corrected chi connectivity index (χ3v) is 9.48. The second kappa shape index (κ2) is 7.93. The van der Waals surface area contributed by atoms with Crippen molar-refractivity contribution in [1.29, 1.82) is 0 Å². The number of aliphatic hydroxyl groups is 2. The Hall–Kier alpha value is -0.420. The summed E-state index contributed by atoms with van der Waals surface area (Å²) >= 11 is 0. The normalized spacial score (nSPS) is 46.2. The minimum atomic E-state index is -1.15. The number of halogens is 1. The lowest BCUT2D eigenvalue weighted by Gasteiger charge is -2.58. The molecule has 0 spiro atoms. The average Bonchev–Trinajstić information content (AvgIpc) is 2.92. The van der Waals surface area contributed by atoms with Crippen LogP contribution in [0.25, 0.3) is 0 Å². The van der Waals surface area contributed by atoms with E-state index in [9.17, 15) is 15.0 Å². The van der Waals surface area contributed by atoms with Crippen molar-refractivity contribution in [1.82, 2.24) is 4.90 Å². The maximum Gasteiger partial charge on any atom is 0.166 e. The third-order valence-electron chi connectivity index (χ3n) is 9.48. The number of fused-ring (bicyclic) bond motifs is 5. The van der Waals surface area contributed by atoms with E-state index in [4.69, 9.17) is 0 Å². The molecule has 0 unspecified atom stereocenters. The Kier molecular flexibility index (Phi) is 6.35. The van der Waals surface area contributed by atoms with Gasteiger partial charge < -0.3 is 15.1 Å². The van der Waals surface area contributed by atoms with Gasteiger partial charge >= 0.3 is 0 Å². The number of ketones is 1. The van der Waals surface area contributed by atoms with Crippen LogP contribution in [0.3, 0.4) is 0 Å². The predicted octanol–water partition coefficient (Wildman–Crippen LogP) is 3.98. The van der Waals surface area contributed by atoms with E-state index in [-0.39, 0.29) is 35.1 Å². The Morgan fingerprint density at radius 3 is 2.52 bits per heavy atom. The van der Waals surface area contributed by atoms with Gasteiger partial charge in [-0.05, 0) is 88.6 Å². The van der Waals surface area contributed by atoms with Gasteiger partial charge in [0.15, 0.2) is 5.78 Å². The van der Waals surface area contributed by atoms with Gasteiger partial charge in [-0.3, -0.25) is 4.79 Å². The van der Waals surface area contributed by atoms with Crippen LogP contribution >= 0.6 is 12.4 Å². The van der Waals surface area contributed by atoms with Crippen molar-refractivity contribution >= 4 is 18.2 Å². The van der Waals surface area contributed by atoms with Crippen LogP contribution in [0.2, 0.25) is 0 Å². The number of Topliss-reactive ketones (excluding diaryl/α,β-unsaturated/α-hetero) is 1. The van der Waals surface area contributed by atoms with Gasteiger partial charge in [-0.15, -0.1) is 12.4 Å². The molecule has 0 aromatic heterocycles. The number of aliphatic hydroxyl groups excluding tert-OH is 1. The monoisotopic (exact) mass is 425 g/mol. The van der Waals surface area contributed by atoms with Crippen LogP contribution in [0.1, 0.15) is 71.6 Å². The maximum absolute atomic E-state index is 13.1. The summed E-state index contributed by atoms with van der Waals surface area (Å²) in [5.41, 5.74) is 0.255. The molecule has 7 atom stereocenters. The summed E-state index contributed by atoms with van der Waals surface area (Å²) < 4.78 is 0. The van der Waals surface area contributed by atoms with Crippen LogP contribution in [0.4, 0.5) is 0 Å². The molecule has 0 aromatic carbocycles. The first-order valence-electron chi connectivity index (χ1n) is 11.4. The molecule has 0 aromatic rings. The third kappa shape index (κ3) is 3.43. The summed E-state index contributed by atoms with van der Waals surface area (Å²) in [4.78, 5) is 15.1. The topological polar surface area (TPSA) is 60.8 Å². The van der Waals surface area contributed by atoms with E-state index in [1.54, 1.807) is 0 Å². The molecule has 5 heteroatoms. The Balaban J connectivity index is 0.00000240. The Morgan fingerprint density at radius 2 is 1.83 bits per heavy atom. The predicted molar refractivity (Wildman–Crippen MR) is 118 cm³/mol. The van der Waals surface area contributed by atoms with Crippen molar-refractivity contribution in [2.24, 2.45) is 28.6 Å². The quantitative estimate of drug-likeness (QED) is 0.668. The second-order valence-electron chi connectivity index (χ2n) is 11.0. The van der Waals surface area contributed by atoms with E-state index < -0.39 is 5.60 Å². The lowest BCUT2D eigenvalue weighted by atomic mass is 9.46. The van der Waals surface area contributed by atoms with Crippen LogP contribution in [-0.2, 0) is 4.79 Å². The van der Waals surface area contributed by atoms with E-state index in [1.807, 2.05) is 19.0 Å². The van der Waals surface area contributed by atoms with Crippen LogP contribution in [0.5, 0.6) is 0 Å². The van der Waals surface area contributed by atoms with Gasteiger partial charge in [0.25, 0.3) is 0 Å². The highest BCUT2D eigenvalue weighted by Crippen LogP contribution is 2.67. The van der Waals surface area contributed by atoms with Crippen molar-refractivity contribution in [3.63, 3.8) is 0 Å². The lowest BCUT2D eigenvalue weighted by molar-refractivity contribution is -0.161. The molecule has 4 aliphatic rings. The second-order valence-corrected chi connectivity index (χ2v) is 11.0. The van der Waals surface area contributed by atoms with Crippen molar-refractivity contribution in [3.8, 4) is 0 Å². The molecular weight excluding hydrogens is 386 g/mol. The lowest BCUT2D eigenvalue weighted by Crippen LogP contribution is -2.57. The molecule has 0 amide bonds. The Morgan fingerprint density at radius 1 is 1.14 bits per heavy atom. The molecule has 4 aliphatic carbocycles. The molecule has 0 saturated heterocycles. The largest absolute Gasteiger partial charge is 0.393 e. The number of hydrogen-bond acceptors (Lipinski definition) is 4. The zero-order valence-electron chi connectivity index (χ0n) is 18.6. The summed E-state index contributed by atoms with van der Waals surface area (Å²) in [6.45, 7) is 5.34. The van der Waals surface area contributed by atoms with Crippen LogP contribution in [0.15, 0.2) is 11.6 Å². The highest BCUT2D eigenvalue weighted by Gasteiger charge is 2.65. The number of carbonyl (C=O) groups is 1.